The molecule has 1 aliphatic heterocycles. The van der Waals surface area contributed by atoms with Crippen molar-refractivity contribution in [2.75, 3.05) is 10.2 Å². The standard InChI is InChI=1S/C23H20ClN3O2/c1-16-6-12-19(13-7-16)27-21(28)15-26-14-4-3-5-20(26)23(27,2)22(29)25-18-10-8-17(24)9-11-18/h3-14H,15H2,1-2H3/p+1/t23-/m1/s1. The van der Waals surface area contributed by atoms with Gasteiger partial charge in [0.15, 0.2) is 6.20 Å². The Hall–Kier alpha value is -3.18. The van der Waals surface area contributed by atoms with Crippen LogP contribution in [0.3, 0.4) is 0 Å². The molecule has 5 nitrogen and oxygen atoms in total. The first kappa shape index (κ1) is 19.2. The number of carbonyl (C=O) groups is 2. The number of aryl methyl sites for hydroxylation is 1. The maximum atomic E-state index is 13.6. The number of carbonyl (C=O) groups excluding carboxylic acids is 2. The van der Waals surface area contributed by atoms with E-state index in [9.17, 15) is 9.59 Å². The number of anilines is 2. The van der Waals surface area contributed by atoms with E-state index in [1.54, 1.807) is 36.1 Å². The Kier molecular flexibility index (Phi) is 4.84. The van der Waals surface area contributed by atoms with Gasteiger partial charge in [-0.3, -0.25) is 14.5 Å². The van der Waals surface area contributed by atoms with E-state index in [1.807, 2.05) is 60.2 Å². The van der Waals surface area contributed by atoms with E-state index < -0.39 is 5.54 Å². The minimum absolute atomic E-state index is 0.147. The van der Waals surface area contributed by atoms with Crippen molar-refractivity contribution in [3.05, 3.63) is 89.2 Å². The van der Waals surface area contributed by atoms with E-state index in [2.05, 4.69) is 5.32 Å². The van der Waals surface area contributed by atoms with E-state index in [0.29, 0.717) is 16.4 Å². The third kappa shape index (κ3) is 3.38. The molecule has 1 aromatic heterocycles. The minimum atomic E-state index is -1.23. The largest absolute Gasteiger partial charge is 0.324 e. The van der Waals surface area contributed by atoms with Crippen molar-refractivity contribution in [3.63, 3.8) is 0 Å². The maximum absolute atomic E-state index is 13.6. The van der Waals surface area contributed by atoms with Gasteiger partial charge in [0.1, 0.15) is 0 Å². The lowest BCUT2D eigenvalue weighted by Gasteiger charge is -2.40. The molecule has 3 aromatic rings. The van der Waals surface area contributed by atoms with E-state index in [0.717, 1.165) is 11.3 Å². The number of rotatable bonds is 3. The Morgan fingerprint density at radius 1 is 1.07 bits per heavy atom. The van der Waals surface area contributed by atoms with Crippen LogP contribution in [-0.4, -0.2) is 11.8 Å². The Balaban J connectivity index is 1.83. The molecule has 1 aliphatic rings. The molecule has 1 atom stereocenters. The summed E-state index contributed by atoms with van der Waals surface area (Å²) in [4.78, 5) is 28.3. The van der Waals surface area contributed by atoms with Crippen molar-refractivity contribution in [2.45, 2.75) is 25.9 Å². The lowest BCUT2D eigenvalue weighted by Crippen LogP contribution is -2.67. The molecule has 4 rings (SSSR count). The van der Waals surface area contributed by atoms with E-state index in [1.165, 1.54) is 0 Å². The van der Waals surface area contributed by atoms with Crippen LogP contribution in [0.2, 0.25) is 5.02 Å². The first-order chi connectivity index (χ1) is 13.9. The molecule has 0 radical (unpaired) electrons. The number of amides is 2. The second-order valence-electron chi connectivity index (χ2n) is 7.31. The van der Waals surface area contributed by atoms with Gasteiger partial charge in [-0.05, 0) is 50.2 Å². The van der Waals surface area contributed by atoms with Gasteiger partial charge in [-0.25, -0.2) is 0 Å². The smallest absolute Gasteiger partial charge is 0.294 e. The molecule has 2 aromatic carbocycles. The highest BCUT2D eigenvalue weighted by molar-refractivity contribution is 6.30. The second-order valence-corrected chi connectivity index (χ2v) is 7.75. The fourth-order valence-electron chi connectivity index (χ4n) is 3.74. The summed E-state index contributed by atoms with van der Waals surface area (Å²) in [6, 6.07) is 20.2. The lowest BCUT2D eigenvalue weighted by molar-refractivity contribution is -0.697. The zero-order chi connectivity index (χ0) is 20.6. The molecular formula is C23H21ClN3O2+. The molecule has 0 bridgehead atoms. The van der Waals surface area contributed by atoms with E-state index in [4.69, 9.17) is 11.6 Å². The van der Waals surface area contributed by atoms with E-state index >= 15 is 0 Å². The molecule has 0 spiro atoms. The van der Waals surface area contributed by atoms with E-state index in [-0.39, 0.29) is 18.4 Å². The quantitative estimate of drug-likeness (QED) is 0.672. The number of hydrogen-bond donors (Lipinski definition) is 1. The Morgan fingerprint density at radius 3 is 2.45 bits per heavy atom. The predicted octanol–water partition coefficient (Wildman–Crippen LogP) is 3.84. The van der Waals surface area contributed by atoms with Crippen LogP contribution in [0.25, 0.3) is 0 Å². The average Bonchev–Trinajstić information content (AvgIpc) is 2.71. The van der Waals surface area contributed by atoms with Crippen molar-refractivity contribution in [1.82, 2.24) is 0 Å². The molecule has 0 unspecified atom stereocenters. The van der Waals surface area contributed by atoms with Crippen LogP contribution in [0.5, 0.6) is 0 Å². The molecule has 29 heavy (non-hydrogen) atoms. The number of nitrogens with one attached hydrogen (secondary N) is 1. The molecule has 0 saturated carbocycles. The number of halogens is 1. The summed E-state index contributed by atoms with van der Waals surface area (Å²) >= 11 is 5.96. The van der Waals surface area contributed by atoms with Crippen molar-refractivity contribution in [1.29, 1.82) is 0 Å². The van der Waals surface area contributed by atoms with Crippen LogP contribution in [0, 0.1) is 6.92 Å². The third-order valence-electron chi connectivity index (χ3n) is 5.28. The number of nitrogens with zero attached hydrogens (tertiary/aromatic N) is 2. The average molecular weight is 407 g/mol. The lowest BCUT2D eigenvalue weighted by atomic mass is 9.89. The van der Waals surface area contributed by atoms with Gasteiger partial charge < -0.3 is 5.32 Å². The zero-order valence-electron chi connectivity index (χ0n) is 16.2. The summed E-state index contributed by atoms with van der Waals surface area (Å²) in [7, 11) is 0. The number of pyridine rings is 1. The summed E-state index contributed by atoms with van der Waals surface area (Å²) < 4.78 is 1.83. The Morgan fingerprint density at radius 2 is 1.76 bits per heavy atom. The summed E-state index contributed by atoms with van der Waals surface area (Å²) in [6.07, 6.45) is 1.83. The first-order valence-corrected chi connectivity index (χ1v) is 9.73. The summed E-state index contributed by atoms with van der Waals surface area (Å²) in [5.41, 5.74) is 1.90. The molecule has 6 heteroatoms. The molecule has 2 heterocycles. The predicted molar refractivity (Wildman–Crippen MR) is 113 cm³/mol. The van der Waals surface area contributed by atoms with Crippen LogP contribution < -0.4 is 14.8 Å². The van der Waals surface area contributed by atoms with Gasteiger partial charge >= 0.3 is 0 Å². The highest BCUT2D eigenvalue weighted by atomic mass is 35.5. The Bertz CT molecular complexity index is 1080. The van der Waals surface area contributed by atoms with Crippen LogP contribution in [-0.2, 0) is 21.7 Å². The maximum Gasteiger partial charge on any atom is 0.294 e. The number of aromatic nitrogens is 1. The van der Waals surface area contributed by atoms with Crippen LogP contribution in [0.4, 0.5) is 11.4 Å². The molecular weight excluding hydrogens is 386 g/mol. The second kappa shape index (κ2) is 7.33. The van der Waals surface area contributed by atoms with Crippen LogP contribution in [0.1, 0.15) is 18.2 Å². The molecule has 1 N–H and O–H groups in total. The Labute approximate surface area is 174 Å². The van der Waals surface area contributed by atoms with Crippen molar-refractivity contribution >= 4 is 34.8 Å². The van der Waals surface area contributed by atoms with Gasteiger partial charge in [-0.15, -0.1) is 0 Å². The van der Waals surface area contributed by atoms with Gasteiger partial charge in [0.2, 0.25) is 17.8 Å². The summed E-state index contributed by atoms with van der Waals surface area (Å²) in [6.45, 7) is 3.94. The fourth-order valence-corrected chi connectivity index (χ4v) is 3.86. The van der Waals surface area contributed by atoms with Crippen LogP contribution >= 0.6 is 11.6 Å². The van der Waals surface area contributed by atoms with Crippen molar-refractivity contribution in [3.8, 4) is 0 Å². The topological polar surface area (TPSA) is 53.3 Å². The van der Waals surface area contributed by atoms with Gasteiger partial charge in [-0.2, -0.15) is 4.57 Å². The molecule has 0 fully saturated rings. The molecule has 0 saturated heterocycles. The first-order valence-electron chi connectivity index (χ1n) is 9.35. The molecule has 0 aliphatic carbocycles. The van der Waals surface area contributed by atoms with Gasteiger partial charge in [-0.1, -0.05) is 35.4 Å². The number of hydrogen-bond acceptors (Lipinski definition) is 2. The molecule has 146 valence electrons. The number of benzene rings is 2. The highest BCUT2D eigenvalue weighted by Gasteiger charge is 2.54. The highest BCUT2D eigenvalue weighted by Crippen LogP contribution is 2.35. The van der Waals surface area contributed by atoms with Crippen LogP contribution in [0.15, 0.2) is 72.9 Å². The number of fused-ring (bicyclic) bond motifs is 1. The minimum Gasteiger partial charge on any atom is -0.324 e. The summed E-state index contributed by atoms with van der Waals surface area (Å²) in [5, 5.41) is 3.53. The molecule has 2 amide bonds. The SMILES string of the molecule is Cc1ccc(N2C(=O)C[n+]3ccccc3[C@]2(C)C(=O)Nc2ccc(Cl)cc2)cc1. The van der Waals surface area contributed by atoms with Gasteiger partial charge in [0.05, 0.1) is 0 Å². The third-order valence-corrected chi connectivity index (χ3v) is 5.53. The normalized spacial score (nSPS) is 18.3. The van der Waals surface area contributed by atoms with Crippen molar-refractivity contribution < 1.29 is 14.2 Å². The monoisotopic (exact) mass is 406 g/mol. The zero-order valence-corrected chi connectivity index (χ0v) is 17.0. The van der Waals surface area contributed by atoms with Gasteiger partial charge in [0, 0.05) is 28.5 Å². The fraction of sp³-hybridized carbons (Fsp3) is 0.174. The summed E-state index contributed by atoms with van der Waals surface area (Å²) in [5.74, 6) is -0.445. The van der Waals surface area contributed by atoms with Crippen molar-refractivity contribution in [2.24, 2.45) is 0 Å². The van der Waals surface area contributed by atoms with Gasteiger partial charge in [0.25, 0.3) is 11.8 Å².